The molecule has 32 heavy (non-hydrogen) atoms. The van der Waals surface area contributed by atoms with E-state index in [4.69, 9.17) is 19.4 Å². The number of hydrogen-bond acceptors (Lipinski definition) is 5. The number of carboxylic acids is 1. The van der Waals surface area contributed by atoms with Gasteiger partial charge in [-0.3, -0.25) is 9.69 Å². The lowest BCUT2D eigenvalue weighted by molar-refractivity contribution is -0.192. The van der Waals surface area contributed by atoms with E-state index in [1.165, 1.54) is 19.3 Å². The number of aliphatic carboxylic acids is 1. The third-order valence-electron chi connectivity index (χ3n) is 6.28. The molecular formula is C22H29F3N2O5. The van der Waals surface area contributed by atoms with Crippen molar-refractivity contribution in [1.29, 1.82) is 0 Å². The van der Waals surface area contributed by atoms with Gasteiger partial charge in [0.15, 0.2) is 0 Å². The Labute approximate surface area is 185 Å². The lowest BCUT2D eigenvalue weighted by atomic mass is 9.86. The summed E-state index contributed by atoms with van der Waals surface area (Å²) in [6.45, 7) is 3.94. The molecule has 2 aliphatic heterocycles. The van der Waals surface area contributed by atoms with E-state index < -0.39 is 12.1 Å². The van der Waals surface area contributed by atoms with Crippen molar-refractivity contribution < 1.29 is 37.3 Å². The fraction of sp³-hybridized carbons (Fsp3) is 0.636. The fourth-order valence-electron chi connectivity index (χ4n) is 4.24. The Balaban J connectivity index is 0.000000360. The maximum atomic E-state index is 13.1. The second kappa shape index (κ2) is 10.5. The molecule has 1 aromatic rings. The molecule has 1 aromatic carbocycles. The molecule has 1 saturated carbocycles. The standard InChI is InChI=1S/C20H28N2O3.C2HF3O2/c1-24-17-7-5-15(6-8-17)13-22-11-12-25-19-14-21(16-3-2-4-16)10-9-18(19)20(22)23;3-2(4,5)1(6)7/h5-8,16,18-19H,2-4,9-14H2,1H3;(H,6,7)/t18-,19+;/m1./s1. The Morgan fingerprint density at radius 1 is 1.19 bits per heavy atom. The number of fused-ring (bicyclic) bond motifs is 1. The first-order chi connectivity index (χ1) is 15.2. The number of nitrogens with zero attached hydrogens (tertiary/aromatic N) is 2. The highest BCUT2D eigenvalue weighted by atomic mass is 19.4. The molecule has 1 N–H and O–H groups in total. The summed E-state index contributed by atoms with van der Waals surface area (Å²) < 4.78 is 43.1. The topological polar surface area (TPSA) is 79.3 Å². The minimum Gasteiger partial charge on any atom is -0.497 e. The second-order valence-electron chi connectivity index (χ2n) is 8.29. The molecule has 0 spiro atoms. The van der Waals surface area contributed by atoms with Crippen LogP contribution in [0.3, 0.4) is 0 Å². The number of piperidine rings is 1. The summed E-state index contributed by atoms with van der Waals surface area (Å²) in [7, 11) is 1.67. The molecule has 7 nitrogen and oxygen atoms in total. The summed E-state index contributed by atoms with van der Waals surface area (Å²) in [6.07, 6.45) is -0.101. The molecule has 1 amide bonds. The van der Waals surface area contributed by atoms with Gasteiger partial charge in [-0.05, 0) is 43.5 Å². The van der Waals surface area contributed by atoms with Crippen LogP contribution in [0.25, 0.3) is 0 Å². The van der Waals surface area contributed by atoms with Gasteiger partial charge in [0.1, 0.15) is 5.75 Å². The number of rotatable bonds is 4. The van der Waals surface area contributed by atoms with Crippen LogP contribution in [0.15, 0.2) is 24.3 Å². The highest BCUT2D eigenvalue weighted by Gasteiger charge is 2.41. The van der Waals surface area contributed by atoms with Crippen LogP contribution in [0.5, 0.6) is 5.75 Å². The fourth-order valence-corrected chi connectivity index (χ4v) is 4.24. The number of hydrogen-bond donors (Lipinski definition) is 1. The average Bonchev–Trinajstić information content (AvgIpc) is 2.86. The zero-order valence-corrected chi connectivity index (χ0v) is 18.0. The maximum Gasteiger partial charge on any atom is 0.490 e. The van der Waals surface area contributed by atoms with E-state index in [9.17, 15) is 18.0 Å². The minimum atomic E-state index is -5.08. The van der Waals surface area contributed by atoms with E-state index >= 15 is 0 Å². The van der Waals surface area contributed by atoms with Crippen LogP contribution in [0.1, 0.15) is 31.2 Å². The predicted octanol–water partition coefficient (Wildman–Crippen LogP) is 2.93. The number of ether oxygens (including phenoxy) is 2. The van der Waals surface area contributed by atoms with Crippen LogP contribution in [-0.2, 0) is 20.9 Å². The molecule has 4 rings (SSSR count). The second-order valence-corrected chi connectivity index (χ2v) is 8.29. The quantitative estimate of drug-likeness (QED) is 0.748. The van der Waals surface area contributed by atoms with Gasteiger partial charge >= 0.3 is 12.1 Å². The third-order valence-corrected chi connectivity index (χ3v) is 6.28. The minimum absolute atomic E-state index is 0.0251. The molecule has 3 fully saturated rings. The van der Waals surface area contributed by atoms with Crippen molar-refractivity contribution in [2.24, 2.45) is 5.92 Å². The van der Waals surface area contributed by atoms with Crippen molar-refractivity contribution in [1.82, 2.24) is 9.80 Å². The van der Waals surface area contributed by atoms with Gasteiger partial charge in [0.05, 0.1) is 25.7 Å². The lowest BCUT2D eigenvalue weighted by Crippen LogP contribution is -2.53. The summed E-state index contributed by atoms with van der Waals surface area (Å²) in [5.41, 5.74) is 1.14. The molecule has 0 aromatic heterocycles. The number of carbonyl (C=O) groups excluding carboxylic acids is 1. The Bertz CT molecular complexity index is 783. The molecule has 0 unspecified atom stereocenters. The summed E-state index contributed by atoms with van der Waals surface area (Å²) in [5.74, 6) is -1.62. The number of carbonyl (C=O) groups is 2. The third kappa shape index (κ3) is 6.13. The summed E-state index contributed by atoms with van der Waals surface area (Å²) in [6, 6.07) is 8.71. The van der Waals surface area contributed by atoms with Crippen LogP contribution >= 0.6 is 0 Å². The smallest absolute Gasteiger partial charge is 0.490 e. The summed E-state index contributed by atoms with van der Waals surface area (Å²) in [4.78, 5) is 26.5. The lowest BCUT2D eigenvalue weighted by Gasteiger charge is -2.44. The molecule has 178 valence electrons. The number of carboxylic acid groups (broad SMARTS) is 1. The predicted molar refractivity (Wildman–Crippen MR) is 109 cm³/mol. The van der Waals surface area contributed by atoms with Crippen molar-refractivity contribution >= 4 is 11.9 Å². The van der Waals surface area contributed by atoms with E-state index in [0.29, 0.717) is 19.7 Å². The molecule has 1 aliphatic carbocycles. The molecule has 0 radical (unpaired) electrons. The van der Waals surface area contributed by atoms with Gasteiger partial charge in [0, 0.05) is 25.7 Å². The maximum absolute atomic E-state index is 13.1. The van der Waals surface area contributed by atoms with Crippen LogP contribution in [0.4, 0.5) is 13.2 Å². The van der Waals surface area contributed by atoms with E-state index in [1.54, 1.807) is 7.11 Å². The van der Waals surface area contributed by atoms with Crippen LogP contribution in [-0.4, -0.2) is 78.5 Å². The van der Waals surface area contributed by atoms with Gasteiger partial charge in [-0.15, -0.1) is 0 Å². The Hall–Kier alpha value is -2.33. The largest absolute Gasteiger partial charge is 0.497 e. The average molecular weight is 458 g/mol. The first kappa shape index (κ1) is 24.3. The first-order valence-electron chi connectivity index (χ1n) is 10.8. The van der Waals surface area contributed by atoms with Gasteiger partial charge in [0.25, 0.3) is 0 Å². The molecule has 2 atom stereocenters. The summed E-state index contributed by atoms with van der Waals surface area (Å²) >= 11 is 0. The Morgan fingerprint density at radius 2 is 1.84 bits per heavy atom. The molecular weight excluding hydrogens is 429 g/mol. The van der Waals surface area contributed by atoms with Crippen LogP contribution in [0.2, 0.25) is 0 Å². The van der Waals surface area contributed by atoms with Crippen molar-refractivity contribution in [2.45, 2.75) is 50.6 Å². The summed E-state index contributed by atoms with van der Waals surface area (Å²) in [5, 5.41) is 7.12. The van der Waals surface area contributed by atoms with Crippen molar-refractivity contribution in [3.05, 3.63) is 29.8 Å². The molecule has 3 aliphatic rings. The first-order valence-corrected chi connectivity index (χ1v) is 10.8. The number of likely N-dealkylation sites (tertiary alicyclic amines) is 1. The van der Waals surface area contributed by atoms with Crippen molar-refractivity contribution in [3.63, 3.8) is 0 Å². The van der Waals surface area contributed by atoms with Gasteiger partial charge in [-0.2, -0.15) is 13.2 Å². The van der Waals surface area contributed by atoms with Gasteiger partial charge < -0.3 is 19.5 Å². The van der Waals surface area contributed by atoms with E-state index in [-0.39, 0.29) is 17.9 Å². The zero-order chi connectivity index (χ0) is 23.3. The van der Waals surface area contributed by atoms with Gasteiger partial charge in [-0.25, -0.2) is 4.79 Å². The Kier molecular flexibility index (Phi) is 8.00. The number of alkyl halides is 3. The number of halogens is 3. The Morgan fingerprint density at radius 3 is 2.38 bits per heavy atom. The van der Waals surface area contributed by atoms with Crippen LogP contribution < -0.4 is 4.74 Å². The monoisotopic (exact) mass is 458 g/mol. The van der Waals surface area contributed by atoms with Crippen molar-refractivity contribution in [2.75, 3.05) is 33.4 Å². The number of methoxy groups -OCH3 is 1. The van der Waals surface area contributed by atoms with E-state index in [2.05, 4.69) is 4.90 Å². The van der Waals surface area contributed by atoms with Gasteiger partial charge in [-0.1, -0.05) is 18.6 Å². The molecule has 2 heterocycles. The van der Waals surface area contributed by atoms with Crippen LogP contribution in [0, 0.1) is 5.92 Å². The van der Waals surface area contributed by atoms with Gasteiger partial charge in [0.2, 0.25) is 5.91 Å². The highest BCUT2D eigenvalue weighted by Crippen LogP contribution is 2.32. The normalized spacial score (nSPS) is 24.5. The molecule has 0 bridgehead atoms. The zero-order valence-electron chi connectivity index (χ0n) is 18.0. The molecule has 2 saturated heterocycles. The van der Waals surface area contributed by atoms with Crippen molar-refractivity contribution in [3.8, 4) is 5.75 Å². The van der Waals surface area contributed by atoms with E-state index in [1.807, 2.05) is 29.2 Å². The number of benzene rings is 1. The van der Waals surface area contributed by atoms with E-state index in [0.717, 1.165) is 36.9 Å². The highest BCUT2D eigenvalue weighted by molar-refractivity contribution is 5.80. The number of amides is 1. The SMILES string of the molecule is COc1ccc(CN2CCO[C@H]3CN(C4CCC4)CC[C@H]3C2=O)cc1.O=C(O)C(F)(F)F. The molecule has 10 heteroatoms.